The zero-order chi connectivity index (χ0) is 25.0. The van der Waals surface area contributed by atoms with E-state index in [1.807, 2.05) is 0 Å². The van der Waals surface area contributed by atoms with Gasteiger partial charge in [-0.05, 0) is 47.0 Å². The van der Waals surface area contributed by atoms with Crippen molar-refractivity contribution in [3.8, 4) is 16.1 Å². The molecule has 0 bridgehead atoms. The Hall–Kier alpha value is -1.33. The van der Waals surface area contributed by atoms with E-state index in [1.54, 1.807) is 6.07 Å². The zero-order valence-corrected chi connectivity index (χ0v) is 21.2. The summed E-state index contributed by atoms with van der Waals surface area (Å²) < 4.78 is 81.5. The summed E-state index contributed by atoms with van der Waals surface area (Å²) in [5, 5.41) is 1.67. The van der Waals surface area contributed by atoms with Gasteiger partial charge in [0.25, 0.3) is 5.91 Å². The highest BCUT2D eigenvalue weighted by molar-refractivity contribution is 9.10. The second-order valence-corrected chi connectivity index (χ2v) is 11.4. The molecule has 3 aromatic rings. The summed E-state index contributed by atoms with van der Waals surface area (Å²) in [6, 6.07) is 2.83. The summed E-state index contributed by atoms with van der Waals surface area (Å²) in [6.45, 7) is 0. The average molecular weight is 625 g/mol. The molecule has 1 amide bonds. The van der Waals surface area contributed by atoms with Crippen LogP contribution in [0.2, 0.25) is 9.36 Å². The first-order valence-electron chi connectivity index (χ1n) is 9.35. The fourth-order valence-electron chi connectivity index (χ4n) is 3.06. The van der Waals surface area contributed by atoms with Gasteiger partial charge in [0.1, 0.15) is 4.34 Å². The lowest BCUT2D eigenvalue weighted by molar-refractivity contribution is -0.203. The van der Waals surface area contributed by atoms with E-state index in [2.05, 4.69) is 26.3 Å². The maximum atomic E-state index is 14.5. The first-order chi connectivity index (χ1) is 15.8. The number of nitrogens with zero attached hydrogens (tertiary/aromatic N) is 2. The maximum Gasteiger partial charge on any atom is 0.436 e. The molecule has 34 heavy (non-hydrogen) atoms. The van der Waals surface area contributed by atoms with E-state index in [0.717, 1.165) is 24.2 Å². The van der Waals surface area contributed by atoms with Gasteiger partial charge in [-0.1, -0.05) is 23.2 Å². The minimum absolute atomic E-state index is 0.0117. The smallest absolute Gasteiger partial charge is 0.349 e. The van der Waals surface area contributed by atoms with Gasteiger partial charge < -0.3 is 5.32 Å². The molecule has 1 atom stereocenters. The Balaban J connectivity index is 1.67. The molecular formula is C19H11BrCl2F6N3OPS. The number of carbonyl (C=O) groups excluding carboxylic acids is 1. The van der Waals surface area contributed by atoms with Gasteiger partial charge in [-0.2, -0.15) is 26.7 Å². The second-order valence-electron chi connectivity index (χ2n) is 7.36. The van der Waals surface area contributed by atoms with Gasteiger partial charge in [0.2, 0.25) is 0 Å². The molecule has 0 aliphatic heterocycles. The van der Waals surface area contributed by atoms with Crippen molar-refractivity contribution in [2.24, 2.45) is 0 Å². The number of alkyl halides is 4. The highest BCUT2D eigenvalue weighted by Gasteiger charge is 2.65. The van der Waals surface area contributed by atoms with E-state index in [4.69, 9.17) is 23.2 Å². The largest absolute Gasteiger partial charge is 0.436 e. The molecule has 1 unspecified atom stereocenters. The molecule has 4 nitrogen and oxygen atoms in total. The number of aromatic nitrogens is 2. The number of amides is 1. The molecule has 1 N–H and O–H groups in total. The number of thiophene rings is 1. The lowest BCUT2D eigenvalue weighted by Gasteiger charge is -2.27. The van der Waals surface area contributed by atoms with Crippen LogP contribution in [0.5, 0.6) is 0 Å². The van der Waals surface area contributed by atoms with E-state index in [9.17, 15) is 30.8 Å². The monoisotopic (exact) mass is 623 g/mol. The van der Waals surface area contributed by atoms with Crippen LogP contribution in [0.15, 0.2) is 35.1 Å². The van der Waals surface area contributed by atoms with Crippen molar-refractivity contribution in [2.75, 3.05) is 0 Å². The third-order valence-corrected chi connectivity index (χ3v) is 8.23. The third kappa shape index (κ3) is 4.72. The molecule has 182 valence electrons. The fourth-order valence-corrected chi connectivity index (χ4v) is 5.88. The summed E-state index contributed by atoms with van der Waals surface area (Å²) in [4.78, 5) is 12.9. The van der Waals surface area contributed by atoms with Crippen molar-refractivity contribution >= 4 is 64.9 Å². The van der Waals surface area contributed by atoms with Gasteiger partial charge in [-0.25, -0.2) is 9.07 Å². The molecule has 0 spiro atoms. The third-order valence-electron chi connectivity index (χ3n) is 4.95. The molecule has 0 saturated heterocycles. The van der Waals surface area contributed by atoms with Crippen LogP contribution in [0.1, 0.15) is 28.8 Å². The van der Waals surface area contributed by atoms with Gasteiger partial charge in [0, 0.05) is 32.7 Å². The minimum atomic E-state index is -5.84. The van der Waals surface area contributed by atoms with Crippen molar-refractivity contribution in [1.82, 2.24) is 15.1 Å². The van der Waals surface area contributed by atoms with E-state index >= 15 is 0 Å². The van der Waals surface area contributed by atoms with Gasteiger partial charge in [0.15, 0.2) is 0 Å². The van der Waals surface area contributed by atoms with Crippen molar-refractivity contribution in [3.63, 3.8) is 0 Å². The fraction of sp³-hybridized carbons (Fsp3) is 0.263. The normalized spacial score (nSPS) is 16.1. The van der Waals surface area contributed by atoms with Gasteiger partial charge in [0.05, 0.1) is 22.5 Å². The summed E-state index contributed by atoms with van der Waals surface area (Å²) >= 11 is 16.4. The van der Waals surface area contributed by atoms with Crippen LogP contribution in [0.4, 0.5) is 26.0 Å². The molecule has 1 fully saturated rings. The molecule has 1 aromatic carbocycles. The second kappa shape index (κ2) is 9.28. The van der Waals surface area contributed by atoms with Gasteiger partial charge in [-0.15, -0.1) is 11.3 Å². The molecule has 15 heteroatoms. The SMILES string of the molecule is O=C(NC1CC1)c1cc(-c2cnn(-c3c(Cl)cc(C(F)(P(F)F)C(F)(F)F)cc3Br)c2)sc1Cl. The molecule has 2 heterocycles. The number of hydrogen-bond donors (Lipinski definition) is 1. The standard InChI is InChI=1S/C19H11BrCl2F6N3OPS/c20-12-3-9(18(23,33(27)28)19(24,25)26)4-13(21)15(12)31-7-8(6-29-31)14-5-11(16(22)34-14)17(32)30-10-1-2-10/h3-7,10H,1-2H2,(H,30,32). The number of carbonyl (C=O) groups is 1. The Morgan fingerprint density at radius 1 is 1.21 bits per heavy atom. The van der Waals surface area contributed by atoms with Crippen LogP contribution in [-0.2, 0) is 5.41 Å². The average Bonchev–Trinajstić information content (AvgIpc) is 3.26. The summed E-state index contributed by atoms with van der Waals surface area (Å²) in [5.74, 6) is -0.302. The summed E-state index contributed by atoms with van der Waals surface area (Å²) in [7, 11) is -5.07. The number of hydrogen-bond acceptors (Lipinski definition) is 3. The Kier molecular flexibility index (Phi) is 7.03. The van der Waals surface area contributed by atoms with Crippen LogP contribution >= 0.6 is 59.0 Å². The van der Waals surface area contributed by atoms with Crippen molar-refractivity contribution in [1.29, 1.82) is 0 Å². The van der Waals surface area contributed by atoms with Crippen LogP contribution in [0, 0.1) is 0 Å². The number of benzene rings is 1. The van der Waals surface area contributed by atoms with Crippen LogP contribution in [0.3, 0.4) is 0 Å². The Labute approximate surface area is 212 Å². The topological polar surface area (TPSA) is 46.9 Å². The summed E-state index contributed by atoms with van der Waals surface area (Å²) in [5.41, 5.74) is -0.501. The number of rotatable bonds is 6. The number of halogens is 9. The molecule has 2 aromatic heterocycles. The van der Waals surface area contributed by atoms with Crippen LogP contribution in [0.25, 0.3) is 16.1 Å². The lowest BCUT2D eigenvalue weighted by Crippen LogP contribution is -2.35. The van der Waals surface area contributed by atoms with Gasteiger partial charge in [-0.3, -0.25) is 4.79 Å². The minimum Gasteiger partial charge on any atom is -0.349 e. The molecule has 1 saturated carbocycles. The highest BCUT2D eigenvalue weighted by Crippen LogP contribution is 2.67. The van der Waals surface area contributed by atoms with Gasteiger partial charge >= 0.3 is 20.1 Å². The molecule has 0 radical (unpaired) electrons. The molecule has 1 aliphatic rings. The predicted molar refractivity (Wildman–Crippen MR) is 123 cm³/mol. The molecule has 1 aliphatic carbocycles. The Bertz CT molecular complexity index is 1240. The lowest BCUT2D eigenvalue weighted by atomic mass is 10.1. The molecular weight excluding hydrogens is 614 g/mol. The van der Waals surface area contributed by atoms with Crippen molar-refractivity contribution < 1.29 is 30.8 Å². The zero-order valence-electron chi connectivity index (χ0n) is 16.4. The summed E-state index contributed by atoms with van der Waals surface area (Å²) in [6.07, 6.45) is -1.16. The van der Waals surface area contributed by atoms with E-state index < -0.39 is 30.7 Å². The van der Waals surface area contributed by atoms with E-state index in [0.29, 0.717) is 28.1 Å². The van der Waals surface area contributed by atoms with Crippen LogP contribution in [-0.4, -0.2) is 27.9 Å². The Morgan fingerprint density at radius 3 is 2.44 bits per heavy atom. The Morgan fingerprint density at radius 2 is 1.88 bits per heavy atom. The number of nitrogens with one attached hydrogen (secondary N) is 1. The van der Waals surface area contributed by atoms with Crippen molar-refractivity contribution in [2.45, 2.75) is 30.5 Å². The van der Waals surface area contributed by atoms with Crippen molar-refractivity contribution in [3.05, 3.63) is 55.6 Å². The first-order valence-corrected chi connectivity index (χ1v) is 12.8. The predicted octanol–water partition coefficient (Wildman–Crippen LogP) is 8.50. The highest BCUT2D eigenvalue weighted by atomic mass is 79.9. The van der Waals surface area contributed by atoms with E-state index in [-0.39, 0.29) is 26.4 Å². The molecule has 4 rings (SSSR count). The van der Waals surface area contributed by atoms with E-state index in [1.165, 1.54) is 17.1 Å². The van der Waals surface area contributed by atoms with Crippen LogP contribution < -0.4 is 5.32 Å². The quantitative estimate of drug-likeness (QED) is 0.221. The maximum absolute atomic E-state index is 14.5. The first kappa shape index (κ1) is 25.8.